The number of hydrogen-bond donors (Lipinski definition) is 2. The predicted octanol–water partition coefficient (Wildman–Crippen LogP) is 0.354. The second kappa shape index (κ2) is 4.65. The minimum atomic E-state index is 0.386. The molecule has 2 rings (SSSR count). The van der Waals surface area contributed by atoms with Crippen LogP contribution in [0.3, 0.4) is 0 Å². The van der Waals surface area contributed by atoms with E-state index in [2.05, 4.69) is 37.8 Å². The zero-order valence-electron chi connectivity index (χ0n) is 8.40. The van der Waals surface area contributed by atoms with Crippen molar-refractivity contribution in [2.24, 2.45) is 0 Å². The second-order valence-electron chi connectivity index (χ2n) is 3.03. The minimum Gasteiger partial charge on any atom is -0.418 e. The van der Waals surface area contributed by atoms with Crippen LogP contribution >= 0.6 is 0 Å². The molecule has 0 saturated heterocycles. The molecule has 0 aliphatic rings. The first-order valence-electron chi connectivity index (χ1n) is 4.79. The van der Waals surface area contributed by atoms with Gasteiger partial charge in [0.05, 0.1) is 12.7 Å². The smallest absolute Gasteiger partial charge is 0.269 e. The molecule has 2 aromatic rings. The maximum atomic E-state index is 5.37. The van der Waals surface area contributed by atoms with Gasteiger partial charge in [0, 0.05) is 0 Å². The van der Waals surface area contributed by atoms with Crippen LogP contribution in [0.4, 0.5) is 0 Å². The summed E-state index contributed by atoms with van der Waals surface area (Å²) in [5.74, 6) is 0.943. The van der Waals surface area contributed by atoms with Crippen LogP contribution in [0.2, 0.25) is 0 Å². The Hall–Kier alpha value is -1.76. The van der Waals surface area contributed by atoms with Crippen molar-refractivity contribution in [2.45, 2.75) is 19.9 Å². The van der Waals surface area contributed by atoms with Crippen LogP contribution in [0.15, 0.2) is 10.6 Å². The first kappa shape index (κ1) is 9.78. The molecule has 7 heteroatoms. The van der Waals surface area contributed by atoms with Gasteiger partial charge in [-0.1, -0.05) is 6.92 Å². The Labute approximate surface area is 86.3 Å². The Balaban J connectivity index is 1.98. The molecule has 0 aromatic carbocycles. The van der Waals surface area contributed by atoms with Crippen molar-refractivity contribution < 1.29 is 4.42 Å². The van der Waals surface area contributed by atoms with E-state index < -0.39 is 0 Å². The van der Waals surface area contributed by atoms with E-state index in [9.17, 15) is 0 Å². The maximum absolute atomic E-state index is 5.37. The number of H-pyrrole nitrogens is 1. The van der Waals surface area contributed by atoms with Crippen LogP contribution in [0.5, 0.6) is 0 Å². The molecule has 2 heterocycles. The Morgan fingerprint density at radius 3 is 3.13 bits per heavy atom. The number of hydrogen-bond acceptors (Lipinski definition) is 6. The molecule has 0 unspecified atom stereocenters. The van der Waals surface area contributed by atoms with E-state index in [-0.39, 0.29) is 0 Å². The largest absolute Gasteiger partial charge is 0.418 e. The normalized spacial score (nSPS) is 10.7. The Morgan fingerprint density at radius 1 is 1.47 bits per heavy atom. The lowest BCUT2D eigenvalue weighted by molar-refractivity contribution is 0.476. The first-order chi connectivity index (χ1) is 7.40. The van der Waals surface area contributed by atoms with Gasteiger partial charge in [-0.25, -0.2) is 0 Å². The summed E-state index contributed by atoms with van der Waals surface area (Å²) in [6.07, 6.45) is 2.61. The number of nitrogens with one attached hydrogen (secondary N) is 2. The van der Waals surface area contributed by atoms with Gasteiger partial charge in [0.2, 0.25) is 5.89 Å². The average Bonchev–Trinajstić information content (AvgIpc) is 2.87. The van der Waals surface area contributed by atoms with Gasteiger partial charge < -0.3 is 9.73 Å². The van der Waals surface area contributed by atoms with E-state index >= 15 is 0 Å². The lowest BCUT2D eigenvalue weighted by atomic mass is 10.5. The van der Waals surface area contributed by atoms with Crippen molar-refractivity contribution in [3.63, 3.8) is 0 Å². The molecule has 15 heavy (non-hydrogen) atoms. The van der Waals surface area contributed by atoms with Crippen LogP contribution in [-0.2, 0) is 6.54 Å². The number of aromatic nitrogens is 5. The molecular formula is C8H12N6O. The van der Waals surface area contributed by atoms with Gasteiger partial charge in [-0.15, -0.1) is 10.2 Å². The van der Waals surface area contributed by atoms with E-state index in [4.69, 9.17) is 4.42 Å². The molecule has 80 valence electrons. The highest BCUT2D eigenvalue weighted by molar-refractivity contribution is 5.42. The number of nitrogens with zero attached hydrogens (tertiary/aromatic N) is 4. The SMILES string of the molecule is CCCNCc1nnc(-c2cn[nH]n2)o1. The molecule has 0 spiro atoms. The van der Waals surface area contributed by atoms with E-state index in [0.29, 0.717) is 24.0 Å². The van der Waals surface area contributed by atoms with Crippen molar-refractivity contribution in [1.29, 1.82) is 0 Å². The highest BCUT2D eigenvalue weighted by atomic mass is 16.4. The Bertz CT molecular complexity index is 395. The standard InChI is InChI=1S/C8H12N6O/c1-2-3-9-5-7-12-13-8(15-7)6-4-10-14-11-6/h4,9H,2-3,5H2,1H3,(H,10,11,14). The second-order valence-corrected chi connectivity index (χ2v) is 3.03. The van der Waals surface area contributed by atoms with Gasteiger partial charge in [0.15, 0.2) is 5.69 Å². The minimum absolute atomic E-state index is 0.386. The third kappa shape index (κ3) is 2.38. The molecule has 0 saturated carbocycles. The zero-order valence-corrected chi connectivity index (χ0v) is 8.40. The van der Waals surface area contributed by atoms with Gasteiger partial charge in [0.25, 0.3) is 5.89 Å². The van der Waals surface area contributed by atoms with Crippen LogP contribution in [0.25, 0.3) is 11.6 Å². The third-order valence-corrected chi connectivity index (χ3v) is 1.80. The van der Waals surface area contributed by atoms with Crippen LogP contribution in [-0.4, -0.2) is 32.2 Å². The highest BCUT2D eigenvalue weighted by Gasteiger charge is 2.09. The van der Waals surface area contributed by atoms with Gasteiger partial charge in [-0.05, 0) is 13.0 Å². The fraction of sp³-hybridized carbons (Fsp3) is 0.500. The van der Waals surface area contributed by atoms with E-state index in [1.807, 2.05) is 0 Å². The van der Waals surface area contributed by atoms with Gasteiger partial charge in [-0.3, -0.25) is 0 Å². The summed E-state index contributed by atoms with van der Waals surface area (Å²) in [7, 11) is 0. The molecule has 0 aliphatic heterocycles. The fourth-order valence-corrected chi connectivity index (χ4v) is 1.11. The van der Waals surface area contributed by atoms with Gasteiger partial charge >= 0.3 is 0 Å². The fourth-order valence-electron chi connectivity index (χ4n) is 1.11. The highest BCUT2D eigenvalue weighted by Crippen LogP contribution is 2.12. The quantitative estimate of drug-likeness (QED) is 0.689. The van der Waals surface area contributed by atoms with Crippen molar-refractivity contribution in [1.82, 2.24) is 30.9 Å². The summed E-state index contributed by atoms with van der Waals surface area (Å²) in [6, 6.07) is 0. The van der Waals surface area contributed by atoms with Crippen LogP contribution in [0, 0.1) is 0 Å². The number of aromatic amines is 1. The Morgan fingerprint density at radius 2 is 2.40 bits per heavy atom. The lowest BCUT2D eigenvalue weighted by Gasteiger charge is -1.95. The molecule has 2 N–H and O–H groups in total. The van der Waals surface area contributed by atoms with Gasteiger partial charge in [0.1, 0.15) is 0 Å². The van der Waals surface area contributed by atoms with Crippen molar-refractivity contribution in [2.75, 3.05) is 6.54 Å². The third-order valence-electron chi connectivity index (χ3n) is 1.80. The van der Waals surface area contributed by atoms with Crippen molar-refractivity contribution in [3.8, 4) is 11.6 Å². The average molecular weight is 208 g/mol. The van der Waals surface area contributed by atoms with Crippen molar-refractivity contribution in [3.05, 3.63) is 12.1 Å². The van der Waals surface area contributed by atoms with Crippen molar-refractivity contribution >= 4 is 0 Å². The predicted molar refractivity (Wildman–Crippen MR) is 51.7 cm³/mol. The van der Waals surface area contributed by atoms with Crippen LogP contribution in [0.1, 0.15) is 19.2 Å². The zero-order chi connectivity index (χ0) is 10.5. The lowest BCUT2D eigenvalue weighted by Crippen LogP contribution is -2.13. The van der Waals surface area contributed by atoms with E-state index in [0.717, 1.165) is 13.0 Å². The summed E-state index contributed by atoms with van der Waals surface area (Å²) in [5, 5.41) is 20.9. The van der Waals surface area contributed by atoms with E-state index in [1.54, 1.807) is 0 Å². The molecule has 0 amide bonds. The molecule has 0 bridgehead atoms. The molecule has 2 aromatic heterocycles. The molecule has 0 aliphatic carbocycles. The van der Waals surface area contributed by atoms with Gasteiger partial charge in [-0.2, -0.15) is 15.4 Å². The molecular weight excluding hydrogens is 196 g/mol. The Kier molecular flexibility index (Phi) is 3.03. The topological polar surface area (TPSA) is 92.5 Å². The van der Waals surface area contributed by atoms with Crippen LogP contribution < -0.4 is 5.32 Å². The summed E-state index contributed by atoms with van der Waals surface area (Å²) < 4.78 is 5.37. The summed E-state index contributed by atoms with van der Waals surface area (Å²) in [6.45, 7) is 3.61. The number of rotatable bonds is 5. The molecule has 0 fully saturated rings. The molecule has 0 radical (unpaired) electrons. The monoisotopic (exact) mass is 208 g/mol. The maximum Gasteiger partial charge on any atom is 0.269 e. The molecule has 0 atom stereocenters. The molecule has 7 nitrogen and oxygen atoms in total. The van der Waals surface area contributed by atoms with E-state index in [1.165, 1.54) is 6.20 Å². The summed E-state index contributed by atoms with van der Waals surface area (Å²) >= 11 is 0. The summed E-state index contributed by atoms with van der Waals surface area (Å²) in [4.78, 5) is 0. The first-order valence-corrected chi connectivity index (χ1v) is 4.79. The summed E-state index contributed by atoms with van der Waals surface area (Å²) in [5.41, 5.74) is 0.559.